The van der Waals surface area contributed by atoms with Crippen LogP contribution in [0.3, 0.4) is 0 Å². The standard InChI is InChI=1S/C17H18N2O4/c1-12-10-14(8-9-15(12)19(21)22)17(20)18-11-16(23-2)13-6-4-3-5-7-13/h3-10,16H,11H2,1-2H3,(H,18,20). The summed E-state index contributed by atoms with van der Waals surface area (Å²) < 4.78 is 5.39. The minimum Gasteiger partial charge on any atom is -0.375 e. The number of carbonyl (C=O) groups excluding carboxylic acids is 1. The third kappa shape index (κ3) is 4.14. The van der Waals surface area contributed by atoms with Crippen molar-refractivity contribution in [3.05, 3.63) is 75.3 Å². The van der Waals surface area contributed by atoms with Gasteiger partial charge in [0.1, 0.15) is 0 Å². The van der Waals surface area contributed by atoms with Crippen LogP contribution in [0.2, 0.25) is 0 Å². The summed E-state index contributed by atoms with van der Waals surface area (Å²) in [7, 11) is 1.58. The number of ether oxygens (including phenoxy) is 1. The molecule has 120 valence electrons. The van der Waals surface area contributed by atoms with Gasteiger partial charge in [-0.05, 0) is 24.6 Å². The molecule has 0 radical (unpaired) electrons. The van der Waals surface area contributed by atoms with E-state index in [0.29, 0.717) is 17.7 Å². The van der Waals surface area contributed by atoms with Crippen LogP contribution in [0.25, 0.3) is 0 Å². The Labute approximate surface area is 134 Å². The third-order valence-electron chi connectivity index (χ3n) is 3.56. The highest BCUT2D eigenvalue weighted by molar-refractivity contribution is 5.94. The third-order valence-corrected chi connectivity index (χ3v) is 3.56. The average Bonchev–Trinajstić information content (AvgIpc) is 2.55. The van der Waals surface area contributed by atoms with Gasteiger partial charge >= 0.3 is 0 Å². The monoisotopic (exact) mass is 314 g/mol. The van der Waals surface area contributed by atoms with E-state index >= 15 is 0 Å². The quantitative estimate of drug-likeness (QED) is 0.656. The van der Waals surface area contributed by atoms with Gasteiger partial charge < -0.3 is 10.1 Å². The molecule has 1 unspecified atom stereocenters. The molecule has 23 heavy (non-hydrogen) atoms. The van der Waals surface area contributed by atoms with Crippen LogP contribution in [-0.2, 0) is 4.74 Å². The maximum Gasteiger partial charge on any atom is 0.272 e. The lowest BCUT2D eigenvalue weighted by atomic mass is 10.1. The Kier molecular flexibility index (Phi) is 5.43. The van der Waals surface area contributed by atoms with Crippen LogP contribution in [0.5, 0.6) is 0 Å². The van der Waals surface area contributed by atoms with E-state index in [0.717, 1.165) is 5.56 Å². The van der Waals surface area contributed by atoms with Crippen LogP contribution in [0.15, 0.2) is 48.5 Å². The molecule has 0 aromatic heterocycles. The maximum atomic E-state index is 12.2. The first kappa shape index (κ1) is 16.6. The van der Waals surface area contributed by atoms with Crippen LogP contribution < -0.4 is 5.32 Å². The summed E-state index contributed by atoms with van der Waals surface area (Å²) in [6, 6.07) is 13.9. The number of nitrogens with one attached hydrogen (secondary N) is 1. The van der Waals surface area contributed by atoms with Gasteiger partial charge in [0.05, 0.1) is 11.0 Å². The molecule has 0 fully saturated rings. The van der Waals surface area contributed by atoms with Gasteiger partial charge in [0.15, 0.2) is 0 Å². The summed E-state index contributed by atoms with van der Waals surface area (Å²) in [5.74, 6) is -0.291. The molecule has 0 aliphatic rings. The summed E-state index contributed by atoms with van der Waals surface area (Å²) in [5.41, 5.74) is 1.81. The number of hydrogen-bond acceptors (Lipinski definition) is 4. The fraction of sp³-hybridized carbons (Fsp3) is 0.235. The van der Waals surface area contributed by atoms with Crippen LogP contribution in [0, 0.1) is 17.0 Å². The Bertz CT molecular complexity index is 701. The lowest BCUT2D eigenvalue weighted by Gasteiger charge is -2.16. The molecule has 0 aliphatic carbocycles. The Balaban J connectivity index is 2.04. The topological polar surface area (TPSA) is 81.5 Å². The van der Waals surface area contributed by atoms with Crippen molar-refractivity contribution < 1.29 is 14.5 Å². The van der Waals surface area contributed by atoms with Crippen LogP contribution >= 0.6 is 0 Å². The fourth-order valence-electron chi connectivity index (χ4n) is 2.29. The number of nitro benzene ring substituents is 1. The molecule has 0 bridgehead atoms. The molecule has 0 saturated carbocycles. The Hall–Kier alpha value is -2.73. The smallest absolute Gasteiger partial charge is 0.272 e. The van der Waals surface area contributed by atoms with Crippen LogP contribution in [0.4, 0.5) is 5.69 Å². The first-order valence-corrected chi connectivity index (χ1v) is 7.14. The van der Waals surface area contributed by atoms with E-state index in [-0.39, 0.29) is 17.7 Å². The summed E-state index contributed by atoms with van der Waals surface area (Å²) in [6.07, 6.45) is -0.251. The second-order valence-electron chi connectivity index (χ2n) is 5.10. The largest absolute Gasteiger partial charge is 0.375 e. The summed E-state index contributed by atoms with van der Waals surface area (Å²) in [4.78, 5) is 22.5. The highest BCUT2D eigenvalue weighted by atomic mass is 16.6. The lowest BCUT2D eigenvalue weighted by molar-refractivity contribution is -0.385. The van der Waals surface area contributed by atoms with Crippen molar-refractivity contribution in [1.29, 1.82) is 0 Å². The number of methoxy groups -OCH3 is 1. The average molecular weight is 314 g/mol. The molecule has 0 spiro atoms. The second-order valence-corrected chi connectivity index (χ2v) is 5.10. The molecular weight excluding hydrogens is 296 g/mol. The van der Waals surface area contributed by atoms with E-state index < -0.39 is 4.92 Å². The molecule has 6 nitrogen and oxygen atoms in total. The molecule has 0 aliphatic heterocycles. The van der Waals surface area contributed by atoms with Gasteiger partial charge in [-0.1, -0.05) is 30.3 Å². The zero-order chi connectivity index (χ0) is 16.8. The molecule has 1 N–H and O–H groups in total. The van der Waals surface area contributed by atoms with Gasteiger partial charge in [0.25, 0.3) is 11.6 Å². The zero-order valence-corrected chi connectivity index (χ0v) is 13.0. The zero-order valence-electron chi connectivity index (χ0n) is 13.0. The predicted molar refractivity (Wildman–Crippen MR) is 86.4 cm³/mol. The van der Waals surface area contributed by atoms with Crippen molar-refractivity contribution in [2.75, 3.05) is 13.7 Å². The van der Waals surface area contributed by atoms with Gasteiger partial charge in [-0.25, -0.2) is 0 Å². The first-order valence-electron chi connectivity index (χ1n) is 7.14. The lowest BCUT2D eigenvalue weighted by Crippen LogP contribution is -2.29. The van der Waals surface area contributed by atoms with Crippen molar-refractivity contribution in [1.82, 2.24) is 5.32 Å². The van der Waals surface area contributed by atoms with E-state index in [1.807, 2.05) is 30.3 Å². The molecule has 0 saturated heterocycles. The van der Waals surface area contributed by atoms with Gasteiger partial charge in [-0.15, -0.1) is 0 Å². The van der Waals surface area contributed by atoms with Crippen LogP contribution in [0.1, 0.15) is 27.6 Å². The maximum absolute atomic E-state index is 12.2. The molecular formula is C17H18N2O4. The minimum atomic E-state index is -0.465. The number of carbonyl (C=O) groups is 1. The molecule has 2 aromatic carbocycles. The van der Waals surface area contributed by atoms with E-state index in [2.05, 4.69) is 5.32 Å². The highest BCUT2D eigenvalue weighted by Gasteiger charge is 2.16. The Morgan fingerprint density at radius 1 is 1.26 bits per heavy atom. The number of benzene rings is 2. The van der Waals surface area contributed by atoms with Crippen molar-refractivity contribution in [3.8, 4) is 0 Å². The Morgan fingerprint density at radius 2 is 1.96 bits per heavy atom. The molecule has 2 aromatic rings. The number of aryl methyl sites for hydroxylation is 1. The van der Waals surface area contributed by atoms with Crippen molar-refractivity contribution in [2.24, 2.45) is 0 Å². The van der Waals surface area contributed by atoms with Crippen LogP contribution in [-0.4, -0.2) is 24.5 Å². The second kappa shape index (κ2) is 7.51. The normalized spacial score (nSPS) is 11.7. The molecule has 1 amide bonds. The van der Waals surface area contributed by atoms with E-state index in [9.17, 15) is 14.9 Å². The van der Waals surface area contributed by atoms with Gasteiger partial charge in [-0.3, -0.25) is 14.9 Å². The number of hydrogen-bond donors (Lipinski definition) is 1. The van der Waals surface area contributed by atoms with Crippen molar-refractivity contribution in [2.45, 2.75) is 13.0 Å². The first-order chi connectivity index (χ1) is 11.0. The van der Waals surface area contributed by atoms with Crippen molar-refractivity contribution >= 4 is 11.6 Å². The van der Waals surface area contributed by atoms with Gasteiger partial charge in [0.2, 0.25) is 0 Å². The molecule has 6 heteroatoms. The van der Waals surface area contributed by atoms with Gasteiger partial charge in [-0.2, -0.15) is 0 Å². The summed E-state index contributed by atoms with van der Waals surface area (Å²) >= 11 is 0. The predicted octanol–water partition coefficient (Wildman–Crippen LogP) is 3.02. The SMILES string of the molecule is COC(CNC(=O)c1ccc([N+](=O)[O-])c(C)c1)c1ccccc1. The fourth-order valence-corrected chi connectivity index (χ4v) is 2.29. The molecule has 2 rings (SSSR count). The van der Waals surface area contributed by atoms with E-state index in [4.69, 9.17) is 4.74 Å². The number of rotatable bonds is 6. The van der Waals surface area contributed by atoms with Crippen molar-refractivity contribution in [3.63, 3.8) is 0 Å². The number of nitrogens with zero attached hydrogens (tertiary/aromatic N) is 1. The highest BCUT2D eigenvalue weighted by Crippen LogP contribution is 2.19. The number of amides is 1. The summed E-state index contributed by atoms with van der Waals surface area (Å²) in [6.45, 7) is 1.92. The number of nitro groups is 1. The molecule has 1 atom stereocenters. The Morgan fingerprint density at radius 3 is 2.52 bits per heavy atom. The van der Waals surface area contributed by atoms with E-state index in [1.54, 1.807) is 14.0 Å². The summed E-state index contributed by atoms with van der Waals surface area (Å²) in [5, 5.41) is 13.6. The molecule has 0 heterocycles. The van der Waals surface area contributed by atoms with E-state index in [1.165, 1.54) is 18.2 Å². The minimum absolute atomic E-state index is 0.000559. The van der Waals surface area contributed by atoms with Gasteiger partial charge in [0, 0.05) is 30.8 Å².